The highest BCUT2D eigenvalue weighted by atomic mass is 16.2. The fraction of sp³-hybridized carbons (Fsp3) is 0.556. The standard InChI is InChI=1S/C18H30O/c1-2-3-4-5-6-7-8-9-10-11-12-13-14-15-16-17-18-19/h4-5,7-8,10-11,13-14,19H,2-3,6,9,12,15-18H2,1H3/b5-4+,8-7+,11-10+,14-13+. The Morgan fingerprint density at radius 2 is 1.11 bits per heavy atom. The van der Waals surface area contributed by atoms with Crippen LogP contribution in [0.1, 0.15) is 58.3 Å². The molecule has 0 aliphatic rings. The van der Waals surface area contributed by atoms with Gasteiger partial charge in [-0.1, -0.05) is 62.0 Å². The summed E-state index contributed by atoms with van der Waals surface area (Å²) in [5.41, 5.74) is 0. The van der Waals surface area contributed by atoms with Crippen LogP contribution in [-0.4, -0.2) is 11.7 Å². The zero-order chi connectivity index (χ0) is 14.0. The molecule has 0 unspecified atom stereocenters. The van der Waals surface area contributed by atoms with Crippen molar-refractivity contribution in [2.24, 2.45) is 0 Å². The SMILES string of the molecule is CCC/C=C/C/C=C/C/C=C/C/C=C/CCCCO. The molecule has 1 nitrogen and oxygen atoms in total. The van der Waals surface area contributed by atoms with E-state index in [9.17, 15) is 0 Å². The molecule has 0 rings (SSSR count). The topological polar surface area (TPSA) is 20.2 Å². The summed E-state index contributed by atoms with van der Waals surface area (Å²) in [6.07, 6.45) is 26.4. The molecule has 108 valence electrons. The predicted octanol–water partition coefficient (Wildman–Crippen LogP) is 5.34. The van der Waals surface area contributed by atoms with Crippen molar-refractivity contribution < 1.29 is 5.11 Å². The minimum atomic E-state index is 0.313. The Hall–Kier alpha value is -1.08. The maximum Gasteiger partial charge on any atom is 0.0431 e. The lowest BCUT2D eigenvalue weighted by molar-refractivity contribution is 0.285. The first kappa shape index (κ1) is 17.9. The van der Waals surface area contributed by atoms with E-state index in [1.165, 1.54) is 12.8 Å². The fourth-order valence-electron chi connectivity index (χ4n) is 1.59. The van der Waals surface area contributed by atoms with Crippen LogP contribution >= 0.6 is 0 Å². The van der Waals surface area contributed by atoms with Crippen LogP contribution in [0.15, 0.2) is 48.6 Å². The van der Waals surface area contributed by atoms with E-state index in [-0.39, 0.29) is 0 Å². The van der Waals surface area contributed by atoms with E-state index in [1.807, 2.05) is 0 Å². The normalized spacial score (nSPS) is 12.7. The molecule has 0 radical (unpaired) electrons. The first-order chi connectivity index (χ1) is 9.41. The first-order valence-electron chi connectivity index (χ1n) is 7.62. The van der Waals surface area contributed by atoms with Gasteiger partial charge in [-0.3, -0.25) is 0 Å². The van der Waals surface area contributed by atoms with Gasteiger partial charge in [0.25, 0.3) is 0 Å². The molecule has 0 aliphatic heterocycles. The van der Waals surface area contributed by atoms with Crippen molar-refractivity contribution in [1.29, 1.82) is 0 Å². The minimum Gasteiger partial charge on any atom is -0.396 e. The Morgan fingerprint density at radius 3 is 1.58 bits per heavy atom. The van der Waals surface area contributed by atoms with Gasteiger partial charge in [0.05, 0.1) is 0 Å². The lowest BCUT2D eigenvalue weighted by Gasteiger charge is -1.90. The van der Waals surface area contributed by atoms with Gasteiger partial charge in [-0.15, -0.1) is 0 Å². The summed E-state index contributed by atoms with van der Waals surface area (Å²) in [7, 11) is 0. The zero-order valence-electron chi connectivity index (χ0n) is 12.4. The second-order valence-corrected chi connectivity index (χ2v) is 4.60. The van der Waals surface area contributed by atoms with Gasteiger partial charge in [-0.05, 0) is 44.9 Å². The predicted molar refractivity (Wildman–Crippen MR) is 86.3 cm³/mol. The number of hydrogen-bond acceptors (Lipinski definition) is 1. The van der Waals surface area contributed by atoms with Gasteiger partial charge >= 0.3 is 0 Å². The van der Waals surface area contributed by atoms with Crippen LogP contribution in [0.25, 0.3) is 0 Å². The van der Waals surface area contributed by atoms with Crippen LogP contribution in [0.4, 0.5) is 0 Å². The van der Waals surface area contributed by atoms with Crippen molar-refractivity contribution >= 4 is 0 Å². The van der Waals surface area contributed by atoms with Crippen molar-refractivity contribution in [3.63, 3.8) is 0 Å². The molecule has 0 aromatic rings. The third-order valence-corrected chi connectivity index (χ3v) is 2.72. The van der Waals surface area contributed by atoms with Crippen molar-refractivity contribution in [3.8, 4) is 0 Å². The lowest BCUT2D eigenvalue weighted by atomic mass is 10.2. The highest BCUT2D eigenvalue weighted by Crippen LogP contribution is 1.98. The molecule has 0 heterocycles. The van der Waals surface area contributed by atoms with E-state index in [0.717, 1.165) is 38.5 Å². The number of rotatable bonds is 12. The number of aliphatic hydroxyl groups excluding tert-OH is 1. The van der Waals surface area contributed by atoms with E-state index >= 15 is 0 Å². The van der Waals surface area contributed by atoms with E-state index in [0.29, 0.717) is 6.61 Å². The molecule has 1 heteroatoms. The number of unbranched alkanes of at least 4 members (excludes halogenated alkanes) is 3. The van der Waals surface area contributed by atoms with E-state index in [4.69, 9.17) is 5.11 Å². The summed E-state index contributed by atoms with van der Waals surface area (Å²) in [6, 6.07) is 0. The van der Waals surface area contributed by atoms with E-state index < -0.39 is 0 Å². The number of hydrogen-bond donors (Lipinski definition) is 1. The molecule has 0 aromatic heterocycles. The summed E-state index contributed by atoms with van der Waals surface area (Å²) in [4.78, 5) is 0. The average molecular weight is 262 g/mol. The lowest BCUT2D eigenvalue weighted by Crippen LogP contribution is -1.79. The number of aliphatic hydroxyl groups is 1. The molecule has 0 atom stereocenters. The van der Waals surface area contributed by atoms with Crippen LogP contribution in [0.3, 0.4) is 0 Å². The third kappa shape index (κ3) is 16.9. The molecular formula is C18H30O. The summed E-state index contributed by atoms with van der Waals surface area (Å²) in [5.74, 6) is 0. The van der Waals surface area contributed by atoms with Crippen LogP contribution in [0.5, 0.6) is 0 Å². The van der Waals surface area contributed by atoms with Gasteiger partial charge < -0.3 is 5.11 Å². The summed E-state index contributed by atoms with van der Waals surface area (Å²) in [6.45, 7) is 2.51. The van der Waals surface area contributed by atoms with Gasteiger partial charge in [-0.2, -0.15) is 0 Å². The van der Waals surface area contributed by atoms with Gasteiger partial charge in [0, 0.05) is 6.61 Å². The van der Waals surface area contributed by atoms with Crippen molar-refractivity contribution in [2.45, 2.75) is 58.3 Å². The Kier molecular flexibility index (Phi) is 16.0. The highest BCUT2D eigenvalue weighted by molar-refractivity contribution is 4.99. The van der Waals surface area contributed by atoms with Gasteiger partial charge in [0.2, 0.25) is 0 Å². The van der Waals surface area contributed by atoms with Crippen LogP contribution < -0.4 is 0 Å². The molecule has 0 aliphatic carbocycles. The molecule has 1 N–H and O–H groups in total. The molecule has 0 aromatic carbocycles. The Bertz CT molecular complexity index is 271. The first-order valence-corrected chi connectivity index (χ1v) is 7.62. The Morgan fingerprint density at radius 1 is 0.632 bits per heavy atom. The highest BCUT2D eigenvalue weighted by Gasteiger charge is 1.81. The van der Waals surface area contributed by atoms with Gasteiger partial charge in [-0.25, -0.2) is 0 Å². The zero-order valence-corrected chi connectivity index (χ0v) is 12.4. The smallest absolute Gasteiger partial charge is 0.0431 e. The van der Waals surface area contributed by atoms with Crippen molar-refractivity contribution in [1.82, 2.24) is 0 Å². The second-order valence-electron chi connectivity index (χ2n) is 4.60. The monoisotopic (exact) mass is 262 g/mol. The fourth-order valence-corrected chi connectivity index (χ4v) is 1.59. The van der Waals surface area contributed by atoms with Crippen molar-refractivity contribution in [2.75, 3.05) is 6.61 Å². The quantitative estimate of drug-likeness (QED) is 0.371. The molecule has 0 saturated heterocycles. The largest absolute Gasteiger partial charge is 0.396 e. The van der Waals surface area contributed by atoms with Crippen LogP contribution in [0.2, 0.25) is 0 Å². The van der Waals surface area contributed by atoms with Crippen molar-refractivity contribution in [3.05, 3.63) is 48.6 Å². The molecule has 0 amide bonds. The maximum atomic E-state index is 8.62. The second kappa shape index (κ2) is 16.9. The Balaban J connectivity index is 3.35. The van der Waals surface area contributed by atoms with Gasteiger partial charge in [0.15, 0.2) is 0 Å². The summed E-state index contributed by atoms with van der Waals surface area (Å²) < 4.78 is 0. The molecule has 0 saturated carbocycles. The molecular weight excluding hydrogens is 232 g/mol. The molecule has 0 fully saturated rings. The summed E-state index contributed by atoms with van der Waals surface area (Å²) >= 11 is 0. The minimum absolute atomic E-state index is 0.313. The van der Waals surface area contributed by atoms with Gasteiger partial charge in [0.1, 0.15) is 0 Å². The number of allylic oxidation sites excluding steroid dienone is 8. The average Bonchev–Trinajstić information content (AvgIpc) is 2.43. The summed E-state index contributed by atoms with van der Waals surface area (Å²) in [5, 5.41) is 8.62. The molecule has 0 spiro atoms. The Labute approximate surface area is 119 Å². The van der Waals surface area contributed by atoms with Crippen LogP contribution in [-0.2, 0) is 0 Å². The maximum absolute atomic E-state index is 8.62. The van der Waals surface area contributed by atoms with Crippen LogP contribution in [0, 0.1) is 0 Å². The van der Waals surface area contributed by atoms with E-state index in [2.05, 4.69) is 55.5 Å². The third-order valence-electron chi connectivity index (χ3n) is 2.72. The van der Waals surface area contributed by atoms with E-state index in [1.54, 1.807) is 0 Å². The molecule has 0 bridgehead atoms. The molecule has 19 heavy (non-hydrogen) atoms.